The lowest BCUT2D eigenvalue weighted by molar-refractivity contribution is -0.139. The van der Waals surface area contributed by atoms with Gasteiger partial charge in [0.25, 0.3) is 0 Å². The minimum absolute atomic E-state index is 0.126. The number of anilines is 1. The summed E-state index contributed by atoms with van der Waals surface area (Å²) in [6.45, 7) is 0. The smallest absolute Gasteiger partial charge is 0.326 e. The lowest BCUT2D eigenvalue weighted by Gasteiger charge is -2.15. The number of urea groups is 1. The number of amides is 2. The molecular formula is C15H17N3O5S. The Kier molecular flexibility index (Phi) is 5.96. The summed E-state index contributed by atoms with van der Waals surface area (Å²) in [5, 5.41) is 15.1. The van der Waals surface area contributed by atoms with Crippen molar-refractivity contribution in [2.45, 2.75) is 12.5 Å². The van der Waals surface area contributed by atoms with Crippen LogP contribution in [-0.2, 0) is 11.2 Å². The third kappa shape index (κ3) is 4.85. The van der Waals surface area contributed by atoms with Crippen molar-refractivity contribution < 1.29 is 24.2 Å². The van der Waals surface area contributed by atoms with Crippen LogP contribution in [0.25, 0.3) is 0 Å². The molecule has 9 heteroatoms. The fraction of sp³-hybridized carbons (Fsp3) is 0.267. The number of hydrogen-bond donors (Lipinski definition) is 3. The summed E-state index contributed by atoms with van der Waals surface area (Å²) >= 11 is 1.14. The van der Waals surface area contributed by atoms with Gasteiger partial charge in [-0.3, -0.25) is 5.32 Å². The van der Waals surface area contributed by atoms with Crippen molar-refractivity contribution in [3.05, 3.63) is 36.0 Å². The number of nitrogens with one attached hydrogen (secondary N) is 2. The molecule has 1 heterocycles. The van der Waals surface area contributed by atoms with E-state index < -0.39 is 18.0 Å². The van der Waals surface area contributed by atoms with Crippen LogP contribution in [0.15, 0.2) is 30.5 Å². The van der Waals surface area contributed by atoms with Crippen LogP contribution in [0.5, 0.6) is 10.8 Å². The van der Waals surface area contributed by atoms with Crippen molar-refractivity contribution in [3.8, 4) is 10.8 Å². The number of rotatable bonds is 7. The van der Waals surface area contributed by atoms with E-state index in [-0.39, 0.29) is 6.42 Å². The third-order valence-electron chi connectivity index (χ3n) is 3.08. The van der Waals surface area contributed by atoms with E-state index in [0.29, 0.717) is 15.9 Å². The van der Waals surface area contributed by atoms with Crippen LogP contribution in [0, 0.1) is 0 Å². The highest BCUT2D eigenvalue weighted by Crippen LogP contribution is 2.24. The molecule has 0 aliphatic rings. The van der Waals surface area contributed by atoms with Crippen LogP contribution in [0.3, 0.4) is 0 Å². The lowest BCUT2D eigenvalue weighted by atomic mass is 10.1. The number of nitrogens with zero attached hydrogens (tertiary/aromatic N) is 1. The van der Waals surface area contributed by atoms with Gasteiger partial charge in [0.05, 0.1) is 20.4 Å². The molecule has 0 aliphatic carbocycles. The number of thiazole rings is 1. The Labute approximate surface area is 142 Å². The largest absolute Gasteiger partial charge is 0.497 e. The highest BCUT2D eigenvalue weighted by Gasteiger charge is 2.21. The molecule has 0 saturated heterocycles. The van der Waals surface area contributed by atoms with Gasteiger partial charge in [0.15, 0.2) is 10.2 Å². The summed E-state index contributed by atoms with van der Waals surface area (Å²) in [6.07, 6.45) is 1.59. The number of carbonyl (C=O) groups excluding carboxylic acids is 1. The number of aromatic nitrogens is 1. The number of carboxylic acids is 1. The van der Waals surface area contributed by atoms with E-state index in [1.807, 2.05) is 0 Å². The van der Waals surface area contributed by atoms with Crippen LogP contribution in [-0.4, -0.2) is 42.4 Å². The van der Waals surface area contributed by atoms with Gasteiger partial charge in [-0.15, -0.1) is 0 Å². The second-order valence-corrected chi connectivity index (χ2v) is 5.73. The fourth-order valence-corrected chi connectivity index (χ4v) is 2.57. The molecule has 0 aliphatic heterocycles. The van der Waals surface area contributed by atoms with Gasteiger partial charge in [-0.05, 0) is 17.7 Å². The lowest BCUT2D eigenvalue weighted by Crippen LogP contribution is -2.44. The van der Waals surface area contributed by atoms with Gasteiger partial charge in [-0.1, -0.05) is 23.5 Å². The SMILES string of the molecule is COc1cccc(CC(NC(=O)Nc2ncc(OC)s2)C(=O)O)c1. The fourth-order valence-electron chi connectivity index (χ4n) is 1.94. The number of benzene rings is 1. The van der Waals surface area contributed by atoms with Crippen molar-refractivity contribution in [1.82, 2.24) is 10.3 Å². The molecule has 0 bridgehead atoms. The standard InChI is InChI=1S/C15H17N3O5S/c1-22-10-5-3-4-9(6-10)7-11(13(19)20)17-14(21)18-15-16-8-12(23-2)24-15/h3-6,8,11H,7H2,1-2H3,(H,19,20)(H2,16,17,18,21). The van der Waals surface area contributed by atoms with Gasteiger partial charge in [0.2, 0.25) is 0 Å². The number of aliphatic carboxylic acids is 1. The summed E-state index contributed by atoms with van der Waals surface area (Å²) in [7, 11) is 3.02. The molecule has 1 atom stereocenters. The van der Waals surface area contributed by atoms with E-state index in [2.05, 4.69) is 15.6 Å². The molecule has 2 amide bonds. The number of methoxy groups -OCH3 is 2. The minimum Gasteiger partial charge on any atom is -0.497 e. The highest BCUT2D eigenvalue weighted by atomic mass is 32.1. The van der Waals surface area contributed by atoms with Gasteiger partial charge < -0.3 is 19.9 Å². The average Bonchev–Trinajstić information content (AvgIpc) is 3.01. The number of hydrogen-bond acceptors (Lipinski definition) is 6. The number of carboxylic acid groups (broad SMARTS) is 1. The average molecular weight is 351 g/mol. The van der Waals surface area contributed by atoms with E-state index >= 15 is 0 Å². The van der Waals surface area contributed by atoms with Crippen molar-refractivity contribution in [2.75, 3.05) is 19.5 Å². The van der Waals surface area contributed by atoms with Crippen LogP contribution >= 0.6 is 11.3 Å². The first-order chi connectivity index (χ1) is 11.5. The molecule has 2 aromatic rings. The molecule has 128 valence electrons. The molecule has 8 nitrogen and oxygen atoms in total. The Hall–Kier alpha value is -2.81. The maximum Gasteiger partial charge on any atom is 0.326 e. The van der Waals surface area contributed by atoms with E-state index in [0.717, 1.165) is 16.9 Å². The van der Waals surface area contributed by atoms with Crippen molar-refractivity contribution in [3.63, 3.8) is 0 Å². The number of carbonyl (C=O) groups is 2. The van der Waals surface area contributed by atoms with Crippen molar-refractivity contribution >= 4 is 28.5 Å². The Morgan fingerprint density at radius 1 is 1.33 bits per heavy atom. The molecule has 0 fully saturated rings. The van der Waals surface area contributed by atoms with Gasteiger partial charge in [0, 0.05) is 6.42 Å². The molecule has 1 unspecified atom stereocenters. The predicted molar refractivity (Wildman–Crippen MR) is 88.9 cm³/mol. The first kappa shape index (κ1) is 17.5. The normalized spacial score (nSPS) is 11.4. The second-order valence-electron chi connectivity index (χ2n) is 4.73. The molecular weight excluding hydrogens is 334 g/mol. The first-order valence-electron chi connectivity index (χ1n) is 6.95. The van der Waals surface area contributed by atoms with E-state index in [9.17, 15) is 14.7 Å². The Morgan fingerprint density at radius 3 is 2.75 bits per heavy atom. The minimum atomic E-state index is -1.13. The van der Waals surface area contributed by atoms with E-state index in [4.69, 9.17) is 9.47 Å². The zero-order chi connectivity index (χ0) is 17.5. The van der Waals surface area contributed by atoms with E-state index in [1.54, 1.807) is 24.3 Å². The molecule has 24 heavy (non-hydrogen) atoms. The van der Waals surface area contributed by atoms with Crippen LogP contribution < -0.4 is 20.1 Å². The summed E-state index contributed by atoms with van der Waals surface area (Å²) in [5.41, 5.74) is 0.734. The van der Waals surface area contributed by atoms with Gasteiger partial charge in [-0.2, -0.15) is 0 Å². The molecule has 1 aromatic heterocycles. The molecule has 1 aromatic carbocycles. The molecule has 0 radical (unpaired) electrons. The van der Waals surface area contributed by atoms with Crippen LogP contribution in [0.2, 0.25) is 0 Å². The zero-order valence-corrected chi connectivity index (χ0v) is 13.9. The highest BCUT2D eigenvalue weighted by molar-refractivity contribution is 7.17. The summed E-state index contributed by atoms with van der Waals surface area (Å²) in [4.78, 5) is 27.3. The van der Waals surface area contributed by atoms with E-state index in [1.165, 1.54) is 20.4 Å². The maximum absolute atomic E-state index is 12.0. The molecule has 3 N–H and O–H groups in total. The first-order valence-corrected chi connectivity index (χ1v) is 7.76. The summed E-state index contributed by atoms with van der Waals surface area (Å²) in [5.74, 6) is -0.513. The van der Waals surface area contributed by atoms with Gasteiger partial charge in [-0.25, -0.2) is 14.6 Å². The number of ether oxygens (including phenoxy) is 2. The molecule has 0 saturated carbocycles. The van der Waals surface area contributed by atoms with Crippen molar-refractivity contribution in [2.24, 2.45) is 0 Å². The molecule has 2 rings (SSSR count). The molecule has 0 spiro atoms. The Balaban J connectivity index is 1.99. The van der Waals surface area contributed by atoms with Gasteiger partial charge in [0.1, 0.15) is 11.8 Å². The maximum atomic E-state index is 12.0. The van der Waals surface area contributed by atoms with Crippen LogP contribution in [0.1, 0.15) is 5.56 Å². The monoisotopic (exact) mass is 351 g/mol. The second kappa shape index (κ2) is 8.16. The topological polar surface area (TPSA) is 110 Å². The van der Waals surface area contributed by atoms with Gasteiger partial charge >= 0.3 is 12.0 Å². The predicted octanol–water partition coefficient (Wildman–Crippen LogP) is 1.98. The Morgan fingerprint density at radius 2 is 2.12 bits per heavy atom. The summed E-state index contributed by atoms with van der Waals surface area (Å²) in [6, 6.07) is 5.27. The quantitative estimate of drug-likeness (QED) is 0.704. The zero-order valence-electron chi connectivity index (χ0n) is 13.1. The van der Waals surface area contributed by atoms with Crippen LogP contribution in [0.4, 0.5) is 9.93 Å². The van der Waals surface area contributed by atoms with Crippen molar-refractivity contribution in [1.29, 1.82) is 0 Å². The third-order valence-corrected chi connectivity index (χ3v) is 3.96. The Bertz CT molecular complexity index is 719. The summed E-state index contributed by atoms with van der Waals surface area (Å²) < 4.78 is 10.1.